The monoisotopic (exact) mass is 364 g/mol. The summed E-state index contributed by atoms with van der Waals surface area (Å²) in [6.45, 7) is -0.0357. The van der Waals surface area contributed by atoms with Crippen molar-refractivity contribution in [2.24, 2.45) is 0 Å². The Balaban J connectivity index is 2.04. The molecule has 6 N–H and O–H groups in total. The average molecular weight is 364 g/mol. The maximum atomic E-state index is 11.7. The van der Waals surface area contributed by atoms with Crippen molar-refractivity contribution in [2.45, 2.75) is 0 Å². The van der Waals surface area contributed by atoms with E-state index in [9.17, 15) is 9.90 Å². The van der Waals surface area contributed by atoms with Gasteiger partial charge in [0, 0.05) is 23.9 Å². The molecule has 2 aromatic carbocycles. The van der Waals surface area contributed by atoms with E-state index in [1.54, 1.807) is 48.5 Å². The first-order valence-corrected chi connectivity index (χ1v) is 8.23. The molecule has 0 saturated heterocycles. The van der Waals surface area contributed by atoms with E-state index in [0.717, 1.165) is 5.56 Å². The van der Waals surface area contributed by atoms with Crippen LogP contribution in [0.15, 0.2) is 54.6 Å². The number of aromatic hydroxyl groups is 1. The average Bonchev–Trinajstić information content (AvgIpc) is 2.64. The molecule has 0 aliphatic carbocycles. The quantitative estimate of drug-likeness (QED) is 0.552. The zero-order valence-electron chi connectivity index (χ0n) is 14.8. The maximum Gasteiger partial charge on any atom is 0.250 e. The van der Waals surface area contributed by atoms with E-state index in [2.05, 4.69) is 10.3 Å². The maximum absolute atomic E-state index is 11.7. The van der Waals surface area contributed by atoms with Gasteiger partial charge < -0.3 is 26.6 Å². The van der Waals surface area contributed by atoms with E-state index >= 15 is 0 Å². The Morgan fingerprint density at radius 2 is 1.89 bits per heavy atom. The highest BCUT2D eigenvalue weighted by atomic mass is 16.5. The minimum absolute atomic E-state index is 0.0357. The minimum atomic E-state index is -0.258. The first-order valence-electron chi connectivity index (χ1n) is 8.23. The van der Waals surface area contributed by atoms with Crippen molar-refractivity contribution >= 4 is 23.1 Å². The Kier molecular flexibility index (Phi) is 5.23. The molecule has 3 aromatic rings. The van der Waals surface area contributed by atoms with E-state index in [1.807, 2.05) is 6.07 Å². The number of phenolic OH excluding ortho intramolecular Hbond substituents is 1. The van der Waals surface area contributed by atoms with Crippen LogP contribution in [0.25, 0.3) is 22.4 Å². The number of phenols is 1. The topological polar surface area (TPSA) is 123 Å². The second-order valence-electron chi connectivity index (χ2n) is 5.93. The van der Waals surface area contributed by atoms with E-state index < -0.39 is 0 Å². The largest absolute Gasteiger partial charge is 0.507 e. The number of nitrogens with zero attached hydrogens (tertiary/aromatic N) is 1. The van der Waals surface area contributed by atoms with Gasteiger partial charge in [0.1, 0.15) is 18.2 Å². The molecule has 0 radical (unpaired) electrons. The number of carbonyl (C=O) groups excluding carboxylic acids is 1. The fraction of sp³-hybridized carbons (Fsp3) is 0.100. The third kappa shape index (κ3) is 3.99. The van der Waals surface area contributed by atoms with E-state index in [-0.39, 0.29) is 24.1 Å². The Bertz CT molecular complexity index is 989. The SMILES string of the molecule is COCC(=O)Nc1cccc(-c2cc(-c3ccccc3O)nc(N)c2N)c1. The number of aromatic nitrogens is 1. The van der Waals surface area contributed by atoms with E-state index in [1.165, 1.54) is 7.11 Å². The van der Waals surface area contributed by atoms with Crippen molar-refractivity contribution in [3.63, 3.8) is 0 Å². The molecule has 0 saturated carbocycles. The molecule has 7 heteroatoms. The number of anilines is 3. The molecule has 0 aliphatic rings. The number of pyridine rings is 1. The Morgan fingerprint density at radius 1 is 1.11 bits per heavy atom. The van der Waals surface area contributed by atoms with Crippen molar-refractivity contribution in [2.75, 3.05) is 30.5 Å². The second kappa shape index (κ2) is 7.76. The third-order valence-electron chi connectivity index (χ3n) is 4.00. The van der Waals surface area contributed by atoms with Crippen molar-refractivity contribution < 1.29 is 14.6 Å². The van der Waals surface area contributed by atoms with Crippen molar-refractivity contribution in [3.05, 3.63) is 54.6 Å². The molecular formula is C20H20N4O3. The summed E-state index contributed by atoms with van der Waals surface area (Å²) in [4.78, 5) is 16.0. The highest BCUT2D eigenvalue weighted by molar-refractivity contribution is 5.93. The zero-order valence-corrected chi connectivity index (χ0v) is 14.8. The van der Waals surface area contributed by atoms with Gasteiger partial charge in [0.25, 0.3) is 0 Å². The second-order valence-corrected chi connectivity index (χ2v) is 5.93. The van der Waals surface area contributed by atoms with Crippen LogP contribution >= 0.6 is 0 Å². The molecule has 0 aliphatic heterocycles. The van der Waals surface area contributed by atoms with Gasteiger partial charge in [0.2, 0.25) is 5.91 Å². The molecule has 1 heterocycles. The smallest absolute Gasteiger partial charge is 0.250 e. The number of rotatable bonds is 5. The van der Waals surface area contributed by atoms with Crippen molar-refractivity contribution in [1.29, 1.82) is 0 Å². The first kappa shape index (κ1) is 18.2. The third-order valence-corrected chi connectivity index (χ3v) is 4.00. The lowest BCUT2D eigenvalue weighted by molar-refractivity contribution is -0.119. The molecular weight excluding hydrogens is 344 g/mol. The molecule has 7 nitrogen and oxygen atoms in total. The molecule has 1 aromatic heterocycles. The minimum Gasteiger partial charge on any atom is -0.507 e. The van der Waals surface area contributed by atoms with Gasteiger partial charge in [-0.2, -0.15) is 0 Å². The summed E-state index contributed by atoms with van der Waals surface area (Å²) in [5.41, 5.74) is 15.5. The summed E-state index contributed by atoms with van der Waals surface area (Å²) in [5, 5.41) is 12.9. The number of amides is 1. The predicted molar refractivity (Wildman–Crippen MR) is 106 cm³/mol. The normalized spacial score (nSPS) is 10.6. The van der Waals surface area contributed by atoms with Crippen LogP contribution in [0.2, 0.25) is 0 Å². The van der Waals surface area contributed by atoms with E-state index in [4.69, 9.17) is 16.2 Å². The Labute approximate surface area is 156 Å². The standard InChI is InChI=1S/C20H20N4O3/c1-27-11-18(26)23-13-6-4-5-12(9-13)15-10-16(24-20(22)19(15)21)14-7-2-3-8-17(14)25/h2-10,25H,11,21H2,1H3,(H2,22,24)(H,23,26). The summed E-state index contributed by atoms with van der Waals surface area (Å²) in [6.07, 6.45) is 0. The van der Waals surface area contributed by atoms with Crippen LogP contribution < -0.4 is 16.8 Å². The summed E-state index contributed by atoms with van der Waals surface area (Å²) in [6, 6.07) is 15.8. The number of ether oxygens (including phenoxy) is 1. The van der Waals surface area contributed by atoms with Crippen LogP contribution in [0.4, 0.5) is 17.2 Å². The van der Waals surface area contributed by atoms with Gasteiger partial charge in [-0.3, -0.25) is 4.79 Å². The molecule has 1 amide bonds. The predicted octanol–water partition coefficient (Wildman–Crippen LogP) is 2.87. The van der Waals surface area contributed by atoms with Crippen LogP contribution in [-0.2, 0) is 9.53 Å². The molecule has 138 valence electrons. The van der Waals surface area contributed by atoms with Crippen LogP contribution in [0.1, 0.15) is 0 Å². The number of methoxy groups -OCH3 is 1. The van der Waals surface area contributed by atoms with Crippen molar-refractivity contribution in [1.82, 2.24) is 4.98 Å². The fourth-order valence-corrected chi connectivity index (χ4v) is 2.73. The lowest BCUT2D eigenvalue weighted by Gasteiger charge is -2.13. The lowest BCUT2D eigenvalue weighted by atomic mass is 10.0. The number of para-hydroxylation sites is 1. The highest BCUT2D eigenvalue weighted by Crippen LogP contribution is 2.36. The number of benzene rings is 2. The van der Waals surface area contributed by atoms with Crippen LogP contribution in [0.3, 0.4) is 0 Å². The van der Waals surface area contributed by atoms with Gasteiger partial charge in [0.05, 0.1) is 11.4 Å². The first-order chi connectivity index (χ1) is 13.0. The van der Waals surface area contributed by atoms with Gasteiger partial charge in [-0.05, 0) is 35.9 Å². The molecule has 0 unspecified atom stereocenters. The number of hydrogen-bond donors (Lipinski definition) is 4. The number of nitrogen functional groups attached to an aromatic ring is 2. The summed E-state index contributed by atoms with van der Waals surface area (Å²) < 4.78 is 4.82. The van der Waals surface area contributed by atoms with Crippen LogP contribution in [0.5, 0.6) is 5.75 Å². The number of nitrogens with two attached hydrogens (primary N) is 2. The fourth-order valence-electron chi connectivity index (χ4n) is 2.73. The van der Waals surface area contributed by atoms with Gasteiger partial charge in [-0.25, -0.2) is 4.98 Å². The van der Waals surface area contributed by atoms with Crippen LogP contribution in [0, 0.1) is 0 Å². The van der Waals surface area contributed by atoms with Crippen LogP contribution in [-0.4, -0.2) is 29.7 Å². The highest BCUT2D eigenvalue weighted by Gasteiger charge is 2.14. The summed E-state index contributed by atoms with van der Waals surface area (Å²) in [5.74, 6) is 0.00652. The zero-order chi connectivity index (χ0) is 19.4. The molecule has 0 bridgehead atoms. The number of nitrogens with one attached hydrogen (secondary N) is 1. The van der Waals surface area contributed by atoms with Gasteiger partial charge >= 0.3 is 0 Å². The molecule has 3 rings (SSSR count). The number of carbonyl (C=O) groups is 1. The Morgan fingerprint density at radius 3 is 2.63 bits per heavy atom. The lowest BCUT2D eigenvalue weighted by Crippen LogP contribution is -2.17. The van der Waals surface area contributed by atoms with E-state index in [0.29, 0.717) is 28.2 Å². The Hall–Kier alpha value is -3.58. The van der Waals surface area contributed by atoms with Gasteiger partial charge in [-0.1, -0.05) is 24.3 Å². The molecule has 0 atom stereocenters. The van der Waals surface area contributed by atoms with Gasteiger partial charge in [-0.15, -0.1) is 0 Å². The summed E-state index contributed by atoms with van der Waals surface area (Å²) >= 11 is 0. The van der Waals surface area contributed by atoms with Gasteiger partial charge in [0.15, 0.2) is 0 Å². The number of hydrogen-bond acceptors (Lipinski definition) is 6. The molecule has 27 heavy (non-hydrogen) atoms. The molecule has 0 fully saturated rings. The molecule has 0 spiro atoms. The van der Waals surface area contributed by atoms with Crippen molar-refractivity contribution in [3.8, 4) is 28.1 Å². The summed E-state index contributed by atoms with van der Waals surface area (Å²) in [7, 11) is 1.46.